The first-order chi connectivity index (χ1) is 15.6. The lowest BCUT2D eigenvalue weighted by atomic mass is 9.98. The predicted octanol–water partition coefficient (Wildman–Crippen LogP) is 4.55. The van der Waals surface area contributed by atoms with Gasteiger partial charge < -0.3 is 19.3 Å². The molecule has 1 atom stereocenters. The maximum atomic E-state index is 13.1. The zero-order valence-corrected chi connectivity index (χ0v) is 19.0. The summed E-state index contributed by atoms with van der Waals surface area (Å²) in [6.45, 7) is 7.74. The van der Waals surface area contributed by atoms with Gasteiger partial charge in [-0.1, -0.05) is 32.8 Å². The molecule has 7 nitrogen and oxygen atoms in total. The van der Waals surface area contributed by atoms with Crippen molar-refractivity contribution in [1.82, 2.24) is 14.8 Å². The van der Waals surface area contributed by atoms with E-state index in [2.05, 4.69) is 23.7 Å². The average Bonchev–Trinajstić information content (AvgIpc) is 3.44. The van der Waals surface area contributed by atoms with Crippen LogP contribution in [-0.4, -0.2) is 57.8 Å². The summed E-state index contributed by atoms with van der Waals surface area (Å²) in [7, 11) is 0. The van der Waals surface area contributed by atoms with Gasteiger partial charge in [0.1, 0.15) is 6.04 Å². The van der Waals surface area contributed by atoms with Gasteiger partial charge in [-0.3, -0.25) is 14.6 Å². The summed E-state index contributed by atoms with van der Waals surface area (Å²) in [5, 5.41) is 10.7. The molecule has 0 radical (unpaired) electrons. The third kappa shape index (κ3) is 5.46. The first-order valence-electron chi connectivity index (χ1n) is 11.5. The molecular formula is C25H33N3O4. The molecule has 2 aromatic rings. The van der Waals surface area contributed by atoms with Gasteiger partial charge in [-0.25, -0.2) is 0 Å². The molecular weight excluding hydrogens is 406 g/mol. The van der Waals surface area contributed by atoms with E-state index in [0.29, 0.717) is 12.2 Å². The zero-order valence-electron chi connectivity index (χ0n) is 19.0. The second-order valence-electron chi connectivity index (χ2n) is 8.13. The molecule has 7 heteroatoms. The number of ketones is 1. The number of hydrogen-bond acceptors (Lipinski definition) is 6. The Morgan fingerprint density at radius 3 is 2.41 bits per heavy atom. The molecule has 3 heterocycles. The number of aromatic nitrogens is 1. The van der Waals surface area contributed by atoms with Crippen LogP contribution in [0.1, 0.15) is 68.2 Å². The molecule has 0 saturated heterocycles. The molecule has 0 spiro atoms. The molecule has 1 amide bonds. The molecule has 1 aliphatic rings. The summed E-state index contributed by atoms with van der Waals surface area (Å²) < 4.78 is 5.25. The number of furan rings is 1. The molecule has 0 fully saturated rings. The van der Waals surface area contributed by atoms with Crippen LogP contribution in [0, 0.1) is 0 Å². The van der Waals surface area contributed by atoms with Crippen molar-refractivity contribution in [1.29, 1.82) is 0 Å². The summed E-state index contributed by atoms with van der Waals surface area (Å²) in [5.41, 5.74) is 0.575. The fourth-order valence-electron chi connectivity index (χ4n) is 4.07. The predicted molar refractivity (Wildman–Crippen MR) is 122 cm³/mol. The van der Waals surface area contributed by atoms with Gasteiger partial charge in [-0.05, 0) is 63.2 Å². The smallest absolute Gasteiger partial charge is 0.290 e. The number of aliphatic hydroxyl groups excluding tert-OH is 1. The third-order valence-corrected chi connectivity index (χ3v) is 5.79. The first-order valence-corrected chi connectivity index (χ1v) is 11.5. The standard InChI is InChI=1S/C25H33N3O4/c1-3-5-14-27(15-6-4-2)16-10-17-28-22(19-11-7-8-13-26-19)21(24(30)25(28)31)23(29)20-12-9-18-32-20/h7-9,11-13,18,22,30H,3-6,10,14-17H2,1-2H3. The number of amides is 1. The van der Waals surface area contributed by atoms with E-state index in [4.69, 9.17) is 4.42 Å². The molecule has 1 unspecified atom stereocenters. The van der Waals surface area contributed by atoms with Gasteiger partial charge in [0.15, 0.2) is 11.5 Å². The van der Waals surface area contributed by atoms with Crippen LogP contribution in [0.5, 0.6) is 0 Å². The largest absolute Gasteiger partial charge is 0.503 e. The first kappa shape index (κ1) is 23.7. The van der Waals surface area contributed by atoms with E-state index in [1.807, 2.05) is 6.07 Å². The number of hydrogen-bond donors (Lipinski definition) is 1. The van der Waals surface area contributed by atoms with Crippen LogP contribution in [-0.2, 0) is 4.79 Å². The van der Waals surface area contributed by atoms with Crippen LogP contribution in [0.25, 0.3) is 0 Å². The van der Waals surface area contributed by atoms with Gasteiger partial charge in [-0.2, -0.15) is 0 Å². The minimum atomic E-state index is -0.735. The highest BCUT2D eigenvalue weighted by Crippen LogP contribution is 2.38. The monoisotopic (exact) mass is 439 g/mol. The molecule has 172 valence electrons. The number of nitrogens with zero attached hydrogens (tertiary/aromatic N) is 3. The molecule has 1 aliphatic heterocycles. The van der Waals surface area contributed by atoms with E-state index in [1.54, 1.807) is 29.3 Å². The van der Waals surface area contributed by atoms with E-state index in [1.165, 1.54) is 12.3 Å². The van der Waals surface area contributed by atoms with Gasteiger partial charge in [-0.15, -0.1) is 0 Å². The minimum absolute atomic E-state index is 0.0254. The quantitative estimate of drug-likeness (QED) is 0.461. The third-order valence-electron chi connectivity index (χ3n) is 5.79. The maximum absolute atomic E-state index is 13.1. The Bertz CT molecular complexity index is 901. The molecule has 0 saturated carbocycles. The van der Waals surface area contributed by atoms with Gasteiger partial charge in [0, 0.05) is 12.7 Å². The molecule has 32 heavy (non-hydrogen) atoms. The molecule has 0 aliphatic carbocycles. The second-order valence-corrected chi connectivity index (χ2v) is 8.13. The number of rotatable bonds is 13. The zero-order chi connectivity index (χ0) is 22.9. The SMILES string of the molecule is CCCCN(CCCC)CCCN1C(=O)C(O)=C(C(=O)c2ccco2)C1c1ccccn1. The maximum Gasteiger partial charge on any atom is 0.290 e. The Balaban J connectivity index is 1.79. The normalized spacial score (nSPS) is 16.4. The summed E-state index contributed by atoms with van der Waals surface area (Å²) >= 11 is 0. The summed E-state index contributed by atoms with van der Waals surface area (Å²) in [6, 6.07) is 7.77. The van der Waals surface area contributed by atoms with E-state index in [9.17, 15) is 14.7 Å². The van der Waals surface area contributed by atoms with Crippen molar-refractivity contribution < 1.29 is 19.1 Å². The van der Waals surface area contributed by atoms with E-state index in [-0.39, 0.29) is 11.3 Å². The van der Waals surface area contributed by atoms with Crippen LogP contribution < -0.4 is 0 Å². The van der Waals surface area contributed by atoms with Gasteiger partial charge in [0.25, 0.3) is 5.91 Å². The highest BCUT2D eigenvalue weighted by Gasteiger charge is 2.44. The Hall–Kier alpha value is -2.93. The number of carbonyl (C=O) groups excluding carboxylic acids is 2. The summed E-state index contributed by atoms with van der Waals surface area (Å²) in [6.07, 6.45) is 8.35. The fourth-order valence-corrected chi connectivity index (χ4v) is 4.07. The number of aliphatic hydroxyl groups is 1. The lowest BCUT2D eigenvalue weighted by Gasteiger charge is -2.28. The van der Waals surface area contributed by atoms with E-state index < -0.39 is 23.5 Å². The Morgan fingerprint density at radius 2 is 1.81 bits per heavy atom. The van der Waals surface area contributed by atoms with Gasteiger partial charge >= 0.3 is 0 Å². The number of unbranched alkanes of at least 4 members (excludes halogenated alkanes) is 2. The van der Waals surface area contributed by atoms with Crippen LogP contribution in [0.4, 0.5) is 0 Å². The Labute approximate surface area is 189 Å². The molecule has 1 N–H and O–H groups in total. The lowest BCUT2D eigenvalue weighted by Crippen LogP contribution is -2.35. The number of pyridine rings is 1. The van der Waals surface area contributed by atoms with Crippen molar-refractivity contribution in [3.63, 3.8) is 0 Å². The van der Waals surface area contributed by atoms with Gasteiger partial charge in [0.2, 0.25) is 5.78 Å². The Kier molecular flexibility index (Phi) is 8.62. The summed E-state index contributed by atoms with van der Waals surface area (Å²) in [5.74, 6) is -1.46. The Morgan fingerprint density at radius 1 is 1.09 bits per heavy atom. The van der Waals surface area contributed by atoms with Crippen molar-refractivity contribution in [2.75, 3.05) is 26.2 Å². The highest BCUT2D eigenvalue weighted by molar-refractivity contribution is 6.14. The van der Waals surface area contributed by atoms with Crippen molar-refractivity contribution in [2.45, 2.75) is 52.0 Å². The van der Waals surface area contributed by atoms with Crippen LogP contribution >= 0.6 is 0 Å². The fraction of sp³-hybridized carbons (Fsp3) is 0.480. The van der Waals surface area contributed by atoms with Crippen LogP contribution in [0.15, 0.2) is 58.5 Å². The number of Topliss-reactive ketones (excluding diaryl/α,β-unsaturated/α-hetero) is 1. The summed E-state index contributed by atoms with van der Waals surface area (Å²) in [4.78, 5) is 34.5. The number of carbonyl (C=O) groups is 2. The van der Waals surface area contributed by atoms with Crippen LogP contribution in [0.3, 0.4) is 0 Å². The minimum Gasteiger partial charge on any atom is -0.503 e. The van der Waals surface area contributed by atoms with Crippen molar-refractivity contribution in [3.05, 3.63) is 65.6 Å². The lowest BCUT2D eigenvalue weighted by molar-refractivity contribution is -0.129. The van der Waals surface area contributed by atoms with Crippen molar-refractivity contribution in [2.24, 2.45) is 0 Å². The van der Waals surface area contributed by atoms with Crippen molar-refractivity contribution in [3.8, 4) is 0 Å². The van der Waals surface area contributed by atoms with E-state index in [0.717, 1.165) is 51.7 Å². The topological polar surface area (TPSA) is 86.9 Å². The van der Waals surface area contributed by atoms with E-state index >= 15 is 0 Å². The van der Waals surface area contributed by atoms with Crippen LogP contribution in [0.2, 0.25) is 0 Å². The van der Waals surface area contributed by atoms with Gasteiger partial charge in [0.05, 0.1) is 17.5 Å². The molecule has 0 aromatic carbocycles. The molecule has 0 bridgehead atoms. The average molecular weight is 440 g/mol. The molecule has 3 rings (SSSR count). The molecule has 2 aromatic heterocycles. The second kappa shape index (κ2) is 11.6. The highest BCUT2D eigenvalue weighted by atomic mass is 16.3. The van der Waals surface area contributed by atoms with Crippen molar-refractivity contribution >= 4 is 11.7 Å².